The summed E-state index contributed by atoms with van der Waals surface area (Å²) in [5.41, 5.74) is 7.38. The molecule has 0 aliphatic carbocycles. The molecular weight excluding hydrogens is 186 g/mol. The lowest BCUT2D eigenvalue weighted by molar-refractivity contribution is 0.210. The number of aliphatic hydroxyl groups excluding tert-OH is 1. The van der Waals surface area contributed by atoms with Gasteiger partial charge in [0.1, 0.15) is 0 Å². The molecule has 0 amide bonds. The predicted octanol–water partition coefficient (Wildman–Crippen LogP) is 1.58. The van der Waals surface area contributed by atoms with Gasteiger partial charge >= 0.3 is 0 Å². The van der Waals surface area contributed by atoms with E-state index in [1.807, 2.05) is 38.1 Å². The minimum atomic E-state index is -0.619. The Hall–Kier alpha value is -0.570. The molecule has 1 aromatic carbocycles. The average molecular weight is 202 g/mol. The van der Waals surface area contributed by atoms with Crippen molar-refractivity contribution < 1.29 is 5.11 Å². The highest BCUT2D eigenvalue weighted by molar-refractivity contribution is 5.85. The maximum Gasteiger partial charge on any atom is 0.0650 e. The zero-order chi connectivity index (χ0) is 9.19. The number of halogens is 1. The van der Waals surface area contributed by atoms with E-state index in [0.29, 0.717) is 0 Å². The Balaban J connectivity index is 0.00000144. The van der Waals surface area contributed by atoms with Crippen molar-refractivity contribution in [3.63, 3.8) is 0 Å². The molecule has 2 nitrogen and oxygen atoms in total. The maximum atomic E-state index is 9.01. The number of rotatable bonds is 2. The normalized spacial score (nSPS) is 14.5. The lowest BCUT2D eigenvalue weighted by atomic mass is 9.93. The molecule has 1 aromatic rings. The lowest BCUT2D eigenvalue weighted by Gasteiger charge is -2.22. The third-order valence-electron chi connectivity index (χ3n) is 2.01. The second-order valence-electron chi connectivity index (χ2n) is 3.45. The number of nitrogens with two attached hydrogens (primary N) is 1. The van der Waals surface area contributed by atoms with Crippen LogP contribution in [0, 0.1) is 6.92 Å². The zero-order valence-electron chi connectivity index (χ0n) is 7.95. The summed E-state index contributed by atoms with van der Waals surface area (Å²) in [6.07, 6.45) is 0. The predicted molar refractivity (Wildman–Crippen MR) is 57.1 cm³/mol. The number of hydrogen-bond donors (Lipinski definition) is 2. The molecule has 0 spiro atoms. The smallest absolute Gasteiger partial charge is 0.0650 e. The SMILES string of the molecule is Cc1cccc(C(C)(N)CO)c1.Cl. The maximum absolute atomic E-state index is 9.01. The van der Waals surface area contributed by atoms with E-state index < -0.39 is 5.54 Å². The second kappa shape index (κ2) is 4.61. The highest BCUT2D eigenvalue weighted by Crippen LogP contribution is 2.17. The molecule has 0 bridgehead atoms. The highest BCUT2D eigenvalue weighted by atomic mass is 35.5. The van der Waals surface area contributed by atoms with Crippen LogP contribution in [-0.2, 0) is 5.54 Å². The first-order chi connectivity index (χ1) is 5.56. The van der Waals surface area contributed by atoms with Gasteiger partial charge in [-0.2, -0.15) is 0 Å². The molecule has 0 saturated carbocycles. The Labute approximate surface area is 85.2 Å². The molecule has 1 atom stereocenters. The van der Waals surface area contributed by atoms with Gasteiger partial charge in [-0.25, -0.2) is 0 Å². The molecule has 0 radical (unpaired) electrons. The second-order valence-corrected chi connectivity index (χ2v) is 3.45. The number of hydrogen-bond acceptors (Lipinski definition) is 2. The molecule has 13 heavy (non-hydrogen) atoms. The van der Waals surface area contributed by atoms with E-state index >= 15 is 0 Å². The van der Waals surface area contributed by atoms with Gasteiger partial charge in [0.15, 0.2) is 0 Å². The van der Waals surface area contributed by atoms with E-state index in [4.69, 9.17) is 10.8 Å². The van der Waals surface area contributed by atoms with Crippen molar-refractivity contribution in [1.29, 1.82) is 0 Å². The Bertz CT molecular complexity index is 273. The van der Waals surface area contributed by atoms with E-state index in [1.165, 1.54) is 0 Å². The fourth-order valence-corrected chi connectivity index (χ4v) is 1.09. The summed E-state index contributed by atoms with van der Waals surface area (Å²) in [5, 5.41) is 9.01. The van der Waals surface area contributed by atoms with E-state index in [0.717, 1.165) is 11.1 Å². The first-order valence-corrected chi connectivity index (χ1v) is 4.03. The molecule has 0 fully saturated rings. The molecule has 1 rings (SSSR count). The van der Waals surface area contributed by atoms with Crippen molar-refractivity contribution in [2.75, 3.05) is 6.61 Å². The molecule has 0 saturated heterocycles. The summed E-state index contributed by atoms with van der Waals surface area (Å²) >= 11 is 0. The fourth-order valence-electron chi connectivity index (χ4n) is 1.09. The third kappa shape index (κ3) is 2.99. The molecule has 0 aliphatic heterocycles. The van der Waals surface area contributed by atoms with Crippen LogP contribution in [0.3, 0.4) is 0 Å². The monoisotopic (exact) mass is 201 g/mol. The van der Waals surface area contributed by atoms with Crippen LogP contribution < -0.4 is 5.73 Å². The fraction of sp³-hybridized carbons (Fsp3) is 0.400. The van der Waals surface area contributed by atoms with E-state index in [-0.39, 0.29) is 19.0 Å². The van der Waals surface area contributed by atoms with Crippen molar-refractivity contribution in [3.8, 4) is 0 Å². The standard InChI is InChI=1S/C10H15NO.ClH/c1-8-4-3-5-9(6-8)10(2,11)7-12;/h3-6,12H,7,11H2,1-2H3;1H. The summed E-state index contributed by atoms with van der Waals surface area (Å²) in [6.45, 7) is 3.80. The van der Waals surface area contributed by atoms with Crippen molar-refractivity contribution in [2.45, 2.75) is 19.4 Å². The first-order valence-electron chi connectivity index (χ1n) is 4.03. The molecular formula is C10H16ClNO. The van der Waals surface area contributed by atoms with Gasteiger partial charge in [-0.05, 0) is 19.4 Å². The Kier molecular flexibility index (Phi) is 4.40. The Morgan fingerprint density at radius 1 is 1.46 bits per heavy atom. The minimum absolute atomic E-state index is 0. The van der Waals surface area contributed by atoms with Crippen LogP contribution >= 0.6 is 12.4 Å². The molecule has 0 heterocycles. The molecule has 0 aromatic heterocycles. The zero-order valence-corrected chi connectivity index (χ0v) is 8.77. The van der Waals surface area contributed by atoms with Gasteiger partial charge < -0.3 is 10.8 Å². The molecule has 3 heteroatoms. The van der Waals surface area contributed by atoms with Crippen molar-refractivity contribution in [1.82, 2.24) is 0 Å². The largest absolute Gasteiger partial charge is 0.394 e. The first kappa shape index (κ1) is 12.4. The Morgan fingerprint density at radius 2 is 2.08 bits per heavy atom. The molecule has 74 valence electrons. The van der Waals surface area contributed by atoms with Crippen molar-refractivity contribution >= 4 is 12.4 Å². The van der Waals surface area contributed by atoms with Gasteiger partial charge in [0, 0.05) is 0 Å². The van der Waals surface area contributed by atoms with Crippen LogP contribution in [-0.4, -0.2) is 11.7 Å². The number of aryl methyl sites for hydroxylation is 1. The summed E-state index contributed by atoms with van der Waals surface area (Å²) < 4.78 is 0. The highest BCUT2D eigenvalue weighted by Gasteiger charge is 2.19. The van der Waals surface area contributed by atoms with Gasteiger partial charge in [0.25, 0.3) is 0 Å². The summed E-state index contributed by atoms with van der Waals surface area (Å²) in [6, 6.07) is 7.89. The van der Waals surface area contributed by atoms with Crippen molar-refractivity contribution in [3.05, 3.63) is 35.4 Å². The van der Waals surface area contributed by atoms with Crippen LogP contribution in [0.4, 0.5) is 0 Å². The quantitative estimate of drug-likeness (QED) is 0.764. The van der Waals surface area contributed by atoms with Crippen molar-refractivity contribution in [2.24, 2.45) is 5.73 Å². The average Bonchev–Trinajstić information content (AvgIpc) is 2.05. The van der Waals surface area contributed by atoms with Gasteiger partial charge in [-0.1, -0.05) is 29.8 Å². The van der Waals surface area contributed by atoms with E-state index in [2.05, 4.69) is 0 Å². The Morgan fingerprint density at radius 3 is 2.54 bits per heavy atom. The van der Waals surface area contributed by atoms with Gasteiger partial charge in [-0.15, -0.1) is 12.4 Å². The lowest BCUT2D eigenvalue weighted by Crippen LogP contribution is -2.36. The van der Waals surface area contributed by atoms with Crippen LogP contribution in [0.1, 0.15) is 18.1 Å². The minimum Gasteiger partial charge on any atom is -0.394 e. The van der Waals surface area contributed by atoms with Crippen LogP contribution in [0.25, 0.3) is 0 Å². The van der Waals surface area contributed by atoms with Gasteiger partial charge in [0.2, 0.25) is 0 Å². The van der Waals surface area contributed by atoms with Crippen LogP contribution in [0.5, 0.6) is 0 Å². The number of aliphatic hydroxyl groups is 1. The molecule has 0 aliphatic rings. The van der Waals surface area contributed by atoms with E-state index in [1.54, 1.807) is 0 Å². The molecule has 1 unspecified atom stereocenters. The third-order valence-corrected chi connectivity index (χ3v) is 2.01. The van der Waals surface area contributed by atoms with Gasteiger partial charge in [-0.3, -0.25) is 0 Å². The van der Waals surface area contributed by atoms with Crippen LogP contribution in [0.2, 0.25) is 0 Å². The summed E-state index contributed by atoms with van der Waals surface area (Å²) in [5.74, 6) is 0. The van der Waals surface area contributed by atoms with Crippen LogP contribution in [0.15, 0.2) is 24.3 Å². The topological polar surface area (TPSA) is 46.2 Å². The number of benzene rings is 1. The van der Waals surface area contributed by atoms with Gasteiger partial charge in [0.05, 0.1) is 12.1 Å². The summed E-state index contributed by atoms with van der Waals surface area (Å²) in [7, 11) is 0. The summed E-state index contributed by atoms with van der Waals surface area (Å²) in [4.78, 5) is 0. The molecule has 3 N–H and O–H groups in total. The van der Waals surface area contributed by atoms with E-state index in [9.17, 15) is 0 Å².